The molecule has 2 aliphatic rings. The molecule has 1 saturated heterocycles. The van der Waals surface area contributed by atoms with Gasteiger partial charge < -0.3 is 30.0 Å². The van der Waals surface area contributed by atoms with Crippen LogP contribution in [0.2, 0.25) is 0 Å². The van der Waals surface area contributed by atoms with Gasteiger partial charge in [-0.05, 0) is 37.8 Å². The minimum absolute atomic E-state index is 0.111. The molecular weight excluding hydrogens is 394 g/mol. The molecule has 1 heterocycles. The number of urea groups is 1. The van der Waals surface area contributed by atoms with Crippen LogP contribution in [-0.2, 0) is 9.59 Å². The highest BCUT2D eigenvalue weighted by Gasteiger charge is 2.56. The Hall–Kier alpha value is -3.01. The van der Waals surface area contributed by atoms with Crippen LogP contribution in [-0.4, -0.2) is 73.4 Å². The predicted molar refractivity (Wildman–Crippen MR) is 105 cm³/mol. The van der Waals surface area contributed by atoms with Crippen LogP contribution < -0.4 is 24.8 Å². The molecular formula is C20H27N3O7. The number of benzene rings is 1. The van der Waals surface area contributed by atoms with Gasteiger partial charge in [0.2, 0.25) is 11.7 Å². The summed E-state index contributed by atoms with van der Waals surface area (Å²) in [5.74, 6) is 0.412. The van der Waals surface area contributed by atoms with E-state index in [4.69, 9.17) is 14.2 Å². The van der Waals surface area contributed by atoms with Gasteiger partial charge in [-0.1, -0.05) is 6.07 Å². The molecule has 0 spiro atoms. The number of rotatable bonds is 10. The highest BCUT2D eigenvalue weighted by Crippen LogP contribution is 2.42. The Morgan fingerprint density at radius 1 is 1.30 bits per heavy atom. The molecule has 10 nitrogen and oxygen atoms in total. The van der Waals surface area contributed by atoms with E-state index in [9.17, 15) is 19.5 Å². The molecule has 1 aliphatic carbocycles. The third-order valence-electron chi connectivity index (χ3n) is 5.33. The van der Waals surface area contributed by atoms with Gasteiger partial charge in [-0.2, -0.15) is 0 Å². The number of carbonyl (C=O) groups is 3. The molecule has 2 fully saturated rings. The maximum atomic E-state index is 12.5. The molecule has 0 aromatic heterocycles. The number of imide groups is 1. The van der Waals surface area contributed by atoms with Gasteiger partial charge in [-0.3, -0.25) is 14.5 Å². The zero-order chi connectivity index (χ0) is 21.9. The van der Waals surface area contributed by atoms with Crippen molar-refractivity contribution >= 4 is 17.8 Å². The second-order valence-electron chi connectivity index (χ2n) is 7.56. The van der Waals surface area contributed by atoms with E-state index in [1.54, 1.807) is 25.1 Å². The van der Waals surface area contributed by atoms with Gasteiger partial charge in [-0.25, -0.2) is 4.79 Å². The normalized spacial score (nSPS) is 21.8. The fourth-order valence-corrected chi connectivity index (χ4v) is 3.43. The van der Waals surface area contributed by atoms with E-state index in [0.717, 1.165) is 17.7 Å². The number of nitrogens with one attached hydrogen (secondary N) is 2. The molecule has 3 rings (SSSR count). The first-order valence-electron chi connectivity index (χ1n) is 9.72. The molecule has 1 aromatic carbocycles. The van der Waals surface area contributed by atoms with Crippen molar-refractivity contribution in [3.8, 4) is 17.2 Å². The van der Waals surface area contributed by atoms with E-state index in [-0.39, 0.29) is 19.1 Å². The number of nitrogens with zero attached hydrogens (tertiary/aromatic N) is 1. The predicted octanol–water partition coefficient (Wildman–Crippen LogP) is 0.280. The SMILES string of the molecule is COc1cccc(OC)c1OCC(O)CNC(=O)CN1C(=O)NC(C)(C2CC2)C1=O. The highest BCUT2D eigenvalue weighted by atomic mass is 16.5. The van der Waals surface area contributed by atoms with Crippen LogP contribution in [0.5, 0.6) is 17.2 Å². The van der Waals surface area contributed by atoms with Crippen molar-refractivity contribution in [2.75, 3.05) is 33.9 Å². The number of hydrogen-bond donors (Lipinski definition) is 3. The number of methoxy groups -OCH3 is 2. The molecule has 0 bridgehead atoms. The first-order valence-corrected chi connectivity index (χ1v) is 9.72. The molecule has 1 aromatic rings. The van der Waals surface area contributed by atoms with Crippen molar-refractivity contribution < 1.29 is 33.7 Å². The van der Waals surface area contributed by atoms with Gasteiger partial charge >= 0.3 is 6.03 Å². The summed E-state index contributed by atoms with van der Waals surface area (Å²) in [4.78, 5) is 37.8. The fourth-order valence-electron chi connectivity index (χ4n) is 3.43. The molecule has 2 atom stereocenters. The van der Waals surface area contributed by atoms with Gasteiger partial charge in [0.25, 0.3) is 5.91 Å². The van der Waals surface area contributed by atoms with Crippen LogP contribution in [0.3, 0.4) is 0 Å². The van der Waals surface area contributed by atoms with Gasteiger partial charge in [0.15, 0.2) is 11.5 Å². The summed E-state index contributed by atoms with van der Waals surface area (Å²) in [7, 11) is 2.98. The summed E-state index contributed by atoms with van der Waals surface area (Å²) < 4.78 is 16.0. The van der Waals surface area contributed by atoms with E-state index >= 15 is 0 Å². The van der Waals surface area contributed by atoms with E-state index in [1.807, 2.05) is 0 Å². The topological polar surface area (TPSA) is 126 Å². The van der Waals surface area contributed by atoms with Gasteiger partial charge in [0.1, 0.15) is 24.8 Å². The van der Waals surface area contributed by atoms with E-state index in [2.05, 4.69) is 10.6 Å². The van der Waals surface area contributed by atoms with Crippen molar-refractivity contribution in [2.45, 2.75) is 31.4 Å². The Morgan fingerprint density at radius 2 is 1.93 bits per heavy atom. The number of carbonyl (C=O) groups excluding carboxylic acids is 3. The second-order valence-corrected chi connectivity index (χ2v) is 7.56. The summed E-state index contributed by atoms with van der Waals surface area (Å²) in [6.45, 7) is 1.05. The van der Waals surface area contributed by atoms with E-state index in [1.165, 1.54) is 14.2 Å². The lowest BCUT2D eigenvalue weighted by molar-refractivity contribution is -0.135. The van der Waals surface area contributed by atoms with Crippen molar-refractivity contribution in [1.29, 1.82) is 0 Å². The Morgan fingerprint density at radius 3 is 2.50 bits per heavy atom. The quantitative estimate of drug-likeness (QED) is 0.463. The van der Waals surface area contributed by atoms with Gasteiger partial charge in [0, 0.05) is 6.54 Å². The van der Waals surface area contributed by atoms with Crippen LogP contribution in [0.4, 0.5) is 4.79 Å². The number of para-hydroxylation sites is 1. The zero-order valence-electron chi connectivity index (χ0n) is 17.3. The number of ether oxygens (including phenoxy) is 3. The molecule has 30 heavy (non-hydrogen) atoms. The maximum Gasteiger partial charge on any atom is 0.325 e. The lowest BCUT2D eigenvalue weighted by Gasteiger charge is -2.21. The molecule has 3 N–H and O–H groups in total. The van der Waals surface area contributed by atoms with Crippen LogP contribution in [0.15, 0.2) is 18.2 Å². The summed E-state index contributed by atoms with van der Waals surface area (Å²) >= 11 is 0. The smallest absolute Gasteiger partial charge is 0.325 e. The van der Waals surface area contributed by atoms with Crippen molar-refractivity contribution in [2.24, 2.45) is 5.92 Å². The average molecular weight is 421 g/mol. The second kappa shape index (κ2) is 8.78. The lowest BCUT2D eigenvalue weighted by Crippen LogP contribution is -2.47. The fraction of sp³-hybridized carbons (Fsp3) is 0.550. The van der Waals surface area contributed by atoms with Crippen molar-refractivity contribution in [3.05, 3.63) is 18.2 Å². The summed E-state index contributed by atoms with van der Waals surface area (Å²) in [6.07, 6.45) is 0.737. The number of aliphatic hydroxyl groups excluding tert-OH is 1. The Balaban J connectivity index is 1.47. The highest BCUT2D eigenvalue weighted by molar-refractivity contribution is 6.09. The molecule has 4 amide bonds. The number of amides is 4. The third-order valence-corrected chi connectivity index (χ3v) is 5.33. The first-order chi connectivity index (χ1) is 14.3. The van der Waals surface area contributed by atoms with Crippen LogP contribution in [0, 0.1) is 5.92 Å². The summed E-state index contributed by atoms with van der Waals surface area (Å²) in [5, 5.41) is 15.3. The largest absolute Gasteiger partial charge is 0.493 e. The monoisotopic (exact) mass is 421 g/mol. The van der Waals surface area contributed by atoms with E-state index < -0.39 is 36.0 Å². The van der Waals surface area contributed by atoms with Crippen molar-refractivity contribution in [1.82, 2.24) is 15.5 Å². The molecule has 0 radical (unpaired) electrons. The Labute approximate surface area is 174 Å². The number of hydrogen-bond acceptors (Lipinski definition) is 7. The van der Waals surface area contributed by atoms with Crippen LogP contribution in [0.1, 0.15) is 19.8 Å². The summed E-state index contributed by atoms with van der Waals surface area (Å²) in [6, 6.07) is 4.56. The van der Waals surface area contributed by atoms with Gasteiger partial charge in [-0.15, -0.1) is 0 Å². The Bertz CT molecular complexity index is 804. The van der Waals surface area contributed by atoms with Crippen LogP contribution in [0.25, 0.3) is 0 Å². The first kappa shape index (κ1) is 21.7. The molecule has 1 saturated carbocycles. The van der Waals surface area contributed by atoms with Crippen molar-refractivity contribution in [3.63, 3.8) is 0 Å². The molecule has 1 aliphatic heterocycles. The molecule has 10 heteroatoms. The standard InChI is InChI=1S/C20H27N3O7/c1-20(12-7-8-12)18(26)23(19(27)22-20)10-16(25)21-9-13(24)11-30-17-14(28-2)5-4-6-15(17)29-3/h4-6,12-13,24H,7-11H2,1-3H3,(H,21,25)(H,22,27). The van der Waals surface area contributed by atoms with Gasteiger partial charge in [0.05, 0.1) is 14.2 Å². The summed E-state index contributed by atoms with van der Waals surface area (Å²) in [5.41, 5.74) is -0.932. The number of aliphatic hydroxyl groups is 1. The maximum absolute atomic E-state index is 12.5. The zero-order valence-corrected chi connectivity index (χ0v) is 17.3. The third kappa shape index (κ3) is 4.43. The molecule has 2 unspecified atom stereocenters. The van der Waals surface area contributed by atoms with E-state index in [0.29, 0.717) is 17.2 Å². The lowest BCUT2D eigenvalue weighted by atomic mass is 9.96. The van der Waals surface area contributed by atoms with Crippen LogP contribution >= 0.6 is 0 Å². The average Bonchev–Trinajstić information content (AvgIpc) is 3.56. The minimum Gasteiger partial charge on any atom is -0.493 e. The Kier molecular flexibility index (Phi) is 6.35. The minimum atomic E-state index is -1.02. The molecule has 164 valence electrons.